The molecule has 1 aromatic heterocycles. The fraction of sp³-hybridized carbons (Fsp3) is 0.0909. The highest BCUT2D eigenvalue weighted by Gasteiger charge is 2.15. The number of rotatable bonds is 8. The number of nitrogens with one attached hydrogen (secondary N) is 1. The zero-order valence-electron chi connectivity index (χ0n) is 25.2. The molecule has 0 bridgehead atoms. The summed E-state index contributed by atoms with van der Waals surface area (Å²) in [6, 6.07) is 23.1. The van der Waals surface area contributed by atoms with Gasteiger partial charge in [-0.05, 0) is 70.8 Å². The van der Waals surface area contributed by atoms with Crippen LogP contribution >= 0.6 is 22.6 Å². The lowest BCUT2D eigenvalue weighted by Gasteiger charge is -2.10. The molecule has 0 aliphatic rings. The molecule has 0 atom stereocenters. The van der Waals surface area contributed by atoms with E-state index in [-0.39, 0.29) is 23.7 Å². The summed E-state index contributed by atoms with van der Waals surface area (Å²) in [5, 5.41) is 48.5. The largest absolute Gasteiger partial charge is 0.507 e. The Labute approximate surface area is 283 Å². The molecule has 0 saturated carbocycles. The number of hydrogen-bond donors (Lipinski definition) is 5. The number of anilines is 1. The highest BCUT2D eigenvalue weighted by Crippen LogP contribution is 2.33. The third-order valence-electron chi connectivity index (χ3n) is 6.16. The lowest BCUT2D eigenvalue weighted by Crippen LogP contribution is -1.99. The van der Waals surface area contributed by atoms with Crippen LogP contribution in [-0.2, 0) is 6.61 Å². The Kier molecular flexibility index (Phi) is 15.8. The lowest BCUT2D eigenvalue weighted by atomic mass is 10.1. The molecule has 0 aliphatic carbocycles. The van der Waals surface area contributed by atoms with E-state index in [1.807, 2.05) is 17.1 Å². The van der Waals surface area contributed by atoms with Gasteiger partial charge in [-0.3, -0.25) is 20.2 Å². The highest BCUT2D eigenvalue weighted by atomic mass is 127. The van der Waals surface area contributed by atoms with Crippen molar-refractivity contribution in [1.29, 1.82) is 5.41 Å². The number of ether oxygens (including phenoxy) is 1. The van der Waals surface area contributed by atoms with E-state index in [0.717, 1.165) is 11.8 Å². The minimum atomic E-state index is -0.457. The number of nitrogens with two attached hydrogens (primary N) is 2. The number of aliphatic hydroxyl groups is 1. The molecule has 5 rings (SSSR count). The molecule has 0 spiro atoms. The number of aromatic nitrogens is 1. The molecule has 13 nitrogen and oxygen atoms in total. The number of alkyl halides is 1. The zero-order chi connectivity index (χ0) is 34.8. The van der Waals surface area contributed by atoms with Crippen molar-refractivity contribution in [2.45, 2.75) is 6.61 Å². The van der Waals surface area contributed by atoms with Gasteiger partial charge in [-0.25, -0.2) is 4.98 Å². The summed E-state index contributed by atoms with van der Waals surface area (Å²) in [6.45, 7) is 0.234. The molecule has 0 fully saturated rings. The molecule has 14 heteroatoms. The summed E-state index contributed by atoms with van der Waals surface area (Å²) in [5.41, 5.74) is 12.3. The van der Waals surface area contributed by atoms with Crippen molar-refractivity contribution in [3.05, 3.63) is 141 Å². The Morgan fingerprint density at radius 1 is 0.915 bits per heavy atom. The molecule has 244 valence electrons. The van der Waals surface area contributed by atoms with E-state index in [2.05, 4.69) is 27.6 Å². The van der Waals surface area contributed by atoms with E-state index in [1.54, 1.807) is 66.9 Å². The van der Waals surface area contributed by atoms with Gasteiger partial charge in [0.25, 0.3) is 11.4 Å². The summed E-state index contributed by atoms with van der Waals surface area (Å²) in [6.07, 6.45) is 7.06. The molecule has 0 amide bonds. The summed E-state index contributed by atoms with van der Waals surface area (Å²) in [4.78, 5) is 26.8. The standard InChI is InChI=1S/C16H13N3O3.C10H7NO3.C6H10N2O.CH3I/c17-16-9-11(7-8-18-16)10-22-15-6-5-14(19(20)21)12-3-1-2-4-13(12)15;12-10-6-5-9(11(13)14)7-3-1-2-4-8(7)10;7-3-1-6(5-9)2-4-8;1-2/h1-9H,10H2,(H2,17,18);1-6,12H;1-4,7,9H,5,8H2;1H3/b;;4-2+,6-1+,7-3?;. The van der Waals surface area contributed by atoms with Crippen LogP contribution in [0.25, 0.3) is 21.5 Å². The van der Waals surface area contributed by atoms with Crippen molar-refractivity contribution in [3.8, 4) is 11.5 Å². The minimum absolute atomic E-state index is 0.0124. The molecule has 0 aliphatic heterocycles. The van der Waals surface area contributed by atoms with Crippen LogP contribution < -0.4 is 16.2 Å². The number of pyridine rings is 1. The van der Waals surface area contributed by atoms with E-state index >= 15 is 0 Å². The quantitative estimate of drug-likeness (QED) is 0.0277. The SMILES string of the molecule is CI.N=C/C=C(\C=C\N)CO.Nc1cc(COc2ccc([N+](=O)[O-])c3ccccc23)ccn1.O=[N+]([O-])c1ccc(O)c2ccccc12. The number of nitro groups is 2. The number of aliphatic hydroxyl groups excluding tert-OH is 1. The van der Waals surface area contributed by atoms with Crippen LogP contribution in [0.5, 0.6) is 11.5 Å². The molecule has 47 heavy (non-hydrogen) atoms. The second-order valence-electron chi connectivity index (χ2n) is 9.10. The zero-order valence-corrected chi connectivity index (χ0v) is 27.4. The number of phenols is 1. The average Bonchev–Trinajstić information content (AvgIpc) is 3.08. The number of nitrogen functional groups attached to an aromatic ring is 1. The molecular formula is C33H33IN6O7. The van der Waals surface area contributed by atoms with E-state index < -0.39 is 9.85 Å². The summed E-state index contributed by atoms with van der Waals surface area (Å²) in [7, 11) is 0. The number of allylic oxidation sites excluding steroid dienone is 1. The van der Waals surface area contributed by atoms with Gasteiger partial charge in [-0.1, -0.05) is 59.0 Å². The third-order valence-corrected chi connectivity index (χ3v) is 6.16. The van der Waals surface area contributed by atoms with Gasteiger partial charge < -0.3 is 31.8 Å². The second-order valence-corrected chi connectivity index (χ2v) is 9.10. The van der Waals surface area contributed by atoms with E-state index in [0.29, 0.717) is 45.3 Å². The first-order chi connectivity index (χ1) is 22.7. The number of halogens is 1. The van der Waals surface area contributed by atoms with E-state index in [9.17, 15) is 25.3 Å². The summed E-state index contributed by atoms with van der Waals surface area (Å²) >= 11 is 2.15. The van der Waals surface area contributed by atoms with Crippen molar-refractivity contribution in [2.75, 3.05) is 17.3 Å². The number of nitrogens with zero attached hydrogens (tertiary/aromatic N) is 3. The molecular weight excluding hydrogens is 719 g/mol. The van der Waals surface area contributed by atoms with Crippen molar-refractivity contribution in [2.24, 2.45) is 5.73 Å². The summed E-state index contributed by atoms with van der Waals surface area (Å²) < 4.78 is 5.79. The first-order valence-corrected chi connectivity index (χ1v) is 15.8. The molecule has 4 aromatic carbocycles. The Hall–Kier alpha value is -5.61. The van der Waals surface area contributed by atoms with Gasteiger partial charge in [0.1, 0.15) is 23.9 Å². The van der Waals surface area contributed by atoms with Crippen LogP contribution in [0.15, 0.2) is 115 Å². The van der Waals surface area contributed by atoms with Crippen molar-refractivity contribution in [3.63, 3.8) is 0 Å². The maximum atomic E-state index is 11.1. The fourth-order valence-electron chi connectivity index (χ4n) is 4.10. The van der Waals surface area contributed by atoms with E-state index in [4.69, 9.17) is 26.7 Å². The average molecular weight is 753 g/mol. The van der Waals surface area contributed by atoms with Gasteiger partial charge >= 0.3 is 0 Å². The van der Waals surface area contributed by atoms with Crippen molar-refractivity contribution < 1.29 is 24.8 Å². The fourth-order valence-corrected chi connectivity index (χ4v) is 4.10. The topological polar surface area (TPSA) is 225 Å². The van der Waals surface area contributed by atoms with Gasteiger partial charge in [-0.2, -0.15) is 0 Å². The van der Waals surface area contributed by atoms with Crippen LogP contribution in [0.2, 0.25) is 0 Å². The van der Waals surface area contributed by atoms with Gasteiger partial charge in [0.15, 0.2) is 0 Å². The van der Waals surface area contributed by atoms with Gasteiger partial charge in [0.2, 0.25) is 0 Å². The van der Waals surface area contributed by atoms with E-state index in [1.165, 1.54) is 30.5 Å². The Bertz CT molecular complexity index is 1880. The maximum Gasteiger partial charge on any atom is 0.277 e. The van der Waals surface area contributed by atoms with Crippen LogP contribution in [-0.4, -0.2) is 42.8 Å². The van der Waals surface area contributed by atoms with Crippen LogP contribution in [0.4, 0.5) is 17.2 Å². The Morgan fingerprint density at radius 3 is 2.00 bits per heavy atom. The van der Waals surface area contributed by atoms with Crippen LogP contribution in [0.3, 0.4) is 0 Å². The number of hydrogen-bond acceptors (Lipinski definition) is 11. The highest BCUT2D eigenvalue weighted by molar-refractivity contribution is 14.1. The molecule has 5 aromatic rings. The lowest BCUT2D eigenvalue weighted by molar-refractivity contribution is -0.383. The monoisotopic (exact) mass is 752 g/mol. The number of nitro benzene ring substituents is 2. The molecule has 7 N–H and O–H groups in total. The van der Waals surface area contributed by atoms with Crippen LogP contribution in [0.1, 0.15) is 5.56 Å². The smallest absolute Gasteiger partial charge is 0.277 e. The summed E-state index contributed by atoms with van der Waals surface area (Å²) in [5.74, 6) is 1.08. The van der Waals surface area contributed by atoms with Gasteiger partial charge in [-0.15, -0.1) is 0 Å². The first-order valence-electron chi connectivity index (χ1n) is 13.6. The van der Waals surface area contributed by atoms with Crippen molar-refractivity contribution >= 4 is 67.5 Å². The number of benzene rings is 4. The predicted octanol–water partition coefficient (Wildman–Crippen LogP) is 6.84. The number of fused-ring (bicyclic) bond motifs is 2. The molecule has 1 heterocycles. The molecule has 0 saturated heterocycles. The molecule has 0 unspecified atom stereocenters. The molecule has 0 radical (unpaired) electrons. The Balaban J connectivity index is 0.000000264. The number of non-ortho nitro benzene ring substituents is 2. The van der Waals surface area contributed by atoms with Gasteiger partial charge in [0.05, 0.1) is 27.2 Å². The first kappa shape index (κ1) is 37.6. The van der Waals surface area contributed by atoms with Crippen LogP contribution in [0, 0.1) is 25.6 Å². The number of aromatic hydroxyl groups is 1. The second kappa shape index (κ2) is 19.7. The minimum Gasteiger partial charge on any atom is -0.507 e. The van der Waals surface area contributed by atoms with Gasteiger partial charge in [0, 0.05) is 35.3 Å². The Morgan fingerprint density at radius 2 is 1.47 bits per heavy atom. The number of phenolic OH excluding ortho intramolecular Hbond substituents is 1. The normalized spacial score (nSPS) is 10.5. The predicted molar refractivity (Wildman–Crippen MR) is 193 cm³/mol. The third kappa shape index (κ3) is 11.1. The maximum absolute atomic E-state index is 11.1. The van der Waals surface area contributed by atoms with Crippen molar-refractivity contribution in [1.82, 2.24) is 4.98 Å².